The minimum Gasteiger partial charge on any atom is -0.309 e. The third kappa shape index (κ3) is 2.03. The first-order chi connectivity index (χ1) is 7.56. The molecule has 1 aliphatic rings. The van der Waals surface area contributed by atoms with Crippen LogP contribution in [0.25, 0.3) is 6.08 Å². The van der Waals surface area contributed by atoms with Gasteiger partial charge in [-0.2, -0.15) is 0 Å². The highest BCUT2D eigenvalue weighted by molar-refractivity contribution is 6.13. The van der Waals surface area contributed by atoms with Crippen LogP contribution in [0.1, 0.15) is 23.6 Å². The molecular formula is C13H14N2O. The van der Waals surface area contributed by atoms with Gasteiger partial charge in [0.25, 0.3) is 5.91 Å². The van der Waals surface area contributed by atoms with E-state index >= 15 is 0 Å². The molecule has 0 saturated heterocycles. The predicted octanol–water partition coefficient (Wildman–Crippen LogP) is 2.19. The van der Waals surface area contributed by atoms with Crippen molar-refractivity contribution >= 4 is 17.8 Å². The van der Waals surface area contributed by atoms with Crippen molar-refractivity contribution in [1.82, 2.24) is 5.32 Å². The molecule has 0 unspecified atom stereocenters. The zero-order valence-corrected chi connectivity index (χ0v) is 9.66. The van der Waals surface area contributed by atoms with Gasteiger partial charge in [0, 0.05) is 0 Å². The van der Waals surface area contributed by atoms with Gasteiger partial charge in [-0.1, -0.05) is 23.8 Å². The molecule has 0 bridgehead atoms. The van der Waals surface area contributed by atoms with Crippen molar-refractivity contribution in [2.75, 3.05) is 0 Å². The molecule has 1 aromatic carbocycles. The molecule has 3 nitrogen and oxygen atoms in total. The molecule has 1 heterocycles. The molecule has 1 amide bonds. The maximum Gasteiger partial charge on any atom is 0.275 e. The first-order valence-electron chi connectivity index (χ1n) is 5.22. The van der Waals surface area contributed by atoms with Gasteiger partial charge in [-0.15, -0.1) is 0 Å². The summed E-state index contributed by atoms with van der Waals surface area (Å²) in [5.74, 6) is 0.526. The number of benzene rings is 1. The topological polar surface area (TPSA) is 41.5 Å². The summed E-state index contributed by atoms with van der Waals surface area (Å²) in [6.45, 7) is 5.86. The first kappa shape index (κ1) is 10.6. The Morgan fingerprint density at radius 2 is 2.00 bits per heavy atom. The molecule has 1 N–H and O–H groups in total. The van der Waals surface area contributed by atoms with Gasteiger partial charge >= 0.3 is 0 Å². The molecule has 0 aromatic heterocycles. The summed E-state index contributed by atoms with van der Waals surface area (Å²) in [4.78, 5) is 15.6. The van der Waals surface area contributed by atoms with E-state index in [-0.39, 0.29) is 5.91 Å². The van der Waals surface area contributed by atoms with Gasteiger partial charge in [0.1, 0.15) is 11.5 Å². The van der Waals surface area contributed by atoms with E-state index in [9.17, 15) is 4.79 Å². The van der Waals surface area contributed by atoms with Gasteiger partial charge in [0.15, 0.2) is 0 Å². The summed E-state index contributed by atoms with van der Waals surface area (Å²) in [7, 11) is 0. The summed E-state index contributed by atoms with van der Waals surface area (Å²) in [6.07, 6.45) is 1.82. The van der Waals surface area contributed by atoms with E-state index in [2.05, 4.69) is 23.3 Å². The normalized spacial score (nSPS) is 17.6. The molecule has 1 aliphatic heterocycles. The van der Waals surface area contributed by atoms with E-state index in [1.165, 1.54) is 5.56 Å². The van der Waals surface area contributed by atoms with Crippen LogP contribution < -0.4 is 5.32 Å². The van der Waals surface area contributed by atoms with Crippen molar-refractivity contribution < 1.29 is 4.79 Å². The Labute approximate surface area is 94.9 Å². The molecule has 16 heavy (non-hydrogen) atoms. The van der Waals surface area contributed by atoms with Crippen LogP contribution in [-0.4, -0.2) is 11.7 Å². The highest BCUT2D eigenvalue weighted by Gasteiger charge is 2.16. The average Bonchev–Trinajstić information content (AvgIpc) is 2.50. The van der Waals surface area contributed by atoms with E-state index in [0.717, 1.165) is 11.1 Å². The second kappa shape index (κ2) is 3.93. The van der Waals surface area contributed by atoms with Crippen LogP contribution in [0, 0.1) is 13.8 Å². The summed E-state index contributed by atoms with van der Waals surface area (Å²) in [5.41, 5.74) is 3.88. The first-order valence-corrected chi connectivity index (χ1v) is 5.22. The Kier molecular flexibility index (Phi) is 2.60. The Bertz CT molecular complexity index is 513. The highest BCUT2D eigenvalue weighted by atomic mass is 16.2. The molecular weight excluding hydrogens is 200 g/mol. The molecule has 1 aromatic rings. The van der Waals surface area contributed by atoms with Crippen LogP contribution in [0.2, 0.25) is 0 Å². The molecule has 0 spiro atoms. The van der Waals surface area contributed by atoms with Gasteiger partial charge < -0.3 is 5.32 Å². The van der Waals surface area contributed by atoms with Crippen LogP contribution in [0.5, 0.6) is 0 Å². The smallest absolute Gasteiger partial charge is 0.275 e. The number of carbonyl (C=O) groups excluding carboxylic acids is 1. The average molecular weight is 214 g/mol. The predicted molar refractivity (Wildman–Crippen MR) is 65.1 cm³/mol. The molecule has 3 heteroatoms. The van der Waals surface area contributed by atoms with Gasteiger partial charge in [0.05, 0.1) is 0 Å². The molecule has 0 fully saturated rings. The number of hydrogen-bond donors (Lipinski definition) is 1. The zero-order valence-electron chi connectivity index (χ0n) is 9.66. The van der Waals surface area contributed by atoms with Crippen LogP contribution in [0.4, 0.5) is 0 Å². The van der Waals surface area contributed by atoms with E-state index in [0.29, 0.717) is 11.5 Å². The van der Waals surface area contributed by atoms with Crippen molar-refractivity contribution in [3.63, 3.8) is 0 Å². The van der Waals surface area contributed by atoms with Crippen molar-refractivity contribution in [3.8, 4) is 0 Å². The van der Waals surface area contributed by atoms with Gasteiger partial charge in [-0.05, 0) is 38.0 Å². The standard InChI is InChI=1S/C13H14N2O/c1-8-4-5-11(9(2)6-8)7-12-13(16)15-10(3)14-12/h4-7H,1-3H3,(H,14,15,16)/b12-7-. The summed E-state index contributed by atoms with van der Waals surface area (Å²) in [5, 5.41) is 2.66. The summed E-state index contributed by atoms with van der Waals surface area (Å²) >= 11 is 0. The maximum absolute atomic E-state index is 11.5. The van der Waals surface area contributed by atoms with Crippen molar-refractivity contribution in [3.05, 3.63) is 40.6 Å². The number of hydrogen-bond acceptors (Lipinski definition) is 2. The molecule has 0 radical (unpaired) electrons. The minimum atomic E-state index is -0.127. The molecule has 82 valence electrons. The monoisotopic (exact) mass is 214 g/mol. The fourth-order valence-corrected chi connectivity index (χ4v) is 1.72. The highest BCUT2D eigenvalue weighted by Crippen LogP contribution is 2.16. The van der Waals surface area contributed by atoms with E-state index < -0.39 is 0 Å². The third-order valence-corrected chi connectivity index (χ3v) is 2.53. The largest absolute Gasteiger partial charge is 0.309 e. The summed E-state index contributed by atoms with van der Waals surface area (Å²) < 4.78 is 0. The maximum atomic E-state index is 11.5. The lowest BCUT2D eigenvalue weighted by molar-refractivity contribution is -0.115. The Hall–Kier alpha value is -1.90. The quantitative estimate of drug-likeness (QED) is 0.715. The second-order valence-corrected chi connectivity index (χ2v) is 4.04. The number of nitrogens with one attached hydrogen (secondary N) is 1. The minimum absolute atomic E-state index is 0.127. The number of nitrogens with zero attached hydrogens (tertiary/aromatic N) is 1. The lowest BCUT2D eigenvalue weighted by Gasteiger charge is -2.01. The van der Waals surface area contributed by atoms with Crippen molar-refractivity contribution in [2.24, 2.45) is 4.99 Å². The lowest BCUT2D eigenvalue weighted by Crippen LogP contribution is -2.21. The van der Waals surface area contributed by atoms with Gasteiger partial charge in [-0.25, -0.2) is 4.99 Å². The van der Waals surface area contributed by atoms with Crippen LogP contribution in [0.3, 0.4) is 0 Å². The van der Waals surface area contributed by atoms with Crippen molar-refractivity contribution in [2.45, 2.75) is 20.8 Å². The second-order valence-electron chi connectivity index (χ2n) is 4.04. The zero-order chi connectivity index (χ0) is 11.7. The van der Waals surface area contributed by atoms with Gasteiger partial charge in [0.2, 0.25) is 0 Å². The van der Waals surface area contributed by atoms with Crippen LogP contribution >= 0.6 is 0 Å². The molecule has 0 aliphatic carbocycles. The molecule has 0 atom stereocenters. The van der Waals surface area contributed by atoms with E-state index in [1.807, 2.05) is 25.1 Å². The number of rotatable bonds is 1. The van der Waals surface area contributed by atoms with Crippen LogP contribution in [0.15, 0.2) is 28.9 Å². The molecule has 2 rings (SSSR count). The Morgan fingerprint density at radius 1 is 1.25 bits per heavy atom. The fourth-order valence-electron chi connectivity index (χ4n) is 1.72. The van der Waals surface area contributed by atoms with Gasteiger partial charge in [-0.3, -0.25) is 4.79 Å². The Balaban J connectivity index is 2.40. The number of amides is 1. The number of aliphatic imine (C=N–C) groups is 1. The Morgan fingerprint density at radius 3 is 2.56 bits per heavy atom. The van der Waals surface area contributed by atoms with Crippen LogP contribution in [-0.2, 0) is 4.79 Å². The third-order valence-electron chi connectivity index (χ3n) is 2.53. The molecule has 0 saturated carbocycles. The van der Waals surface area contributed by atoms with Crippen molar-refractivity contribution in [1.29, 1.82) is 0 Å². The number of aryl methyl sites for hydroxylation is 2. The van der Waals surface area contributed by atoms with E-state index in [4.69, 9.17) is 0 Å². The fraction of sp³-hybridized carbons (Fsp3) is 0.231. The number of carbonyl (C=O) groups is 1. The lowest BCUT2D eigenvalue weighted by atomic mass is 10.0. The van der Waals surface area contributed by atoms with E-state index in [1.54, 1.807) is 6.92 Å². The summed E-state index contributed by atoms with van der Waals surface area (Å²) in [6, 6.07) is 6.13. The number of amidine groups is 1. The SMILES string of the molecule is CC1=N/C(=C\c2ccc(C)cc2C)C(=O)N1.